The zero-order valence-electron chi connectivity index (χ0n) is 31.6. The first-order chi connectivity index (χ1) is 24.7. The molecule has 0 bridgehead atoms. The van der Waals surface area contributed by atoms with Gasteiger partial charge in [-0.05, 0) is 92.9 Å². The Hall–Kier alpha value is -4.71. The number of methoxy groups -OCH3 is 2. The van der Waals surface area contributed by atoms with Crippen LogP contribution in [-0.4, -0.2) is 81.6 Å². The molecule has 0 aromatic carbocycles. The summed E-state index contributed by atoms with van der Waals surface area (Å²) in [6.45, 7) is 11.1. The van der Waals surface area contributed by atoms with Gasteiger partial charge in [0, 0.05) is 48.4 Å². The number of rotatable bonds is 8. The van der Waals surface area contributed by atoms with Crippen molar-refractivity contribution in [2.75, 3.05) is 19.5 Å². The second-order valence-electron chi connectivity index (χ2n) is 14.5. The Morgan fingerprint density at radius 2 is 1.11 bits per heavy atom. The van der Waals surface area contributed by atoms with Crippen molar-refractivity contribution >= 4 is 41.0 Å². The molecule has 2 heterocycles. The lowest BCUT2D eigenvalue weighted by molar-refractivity contribution is -0.385. The van der Waals surface area contributed by atoms with E-state index in [0.717, 1.165) is 51.4 Å². The summed E-state index contributed by atoms with van der Waals surface area (Å²) in [7, 11) is 2.87. The van der Waals surface area contributed by atoms with Gasteiger partial charge >= 0.3 is 23.6 Å². The van der Waals surface area contributed by atoms with Gasteiger partial charge in [-0.1, -0.05) is 19.0 Å². The van der Waals surface area contributed by atoms with Crippen molar-refractivity contribution in [1.29, 1.82) is 0 Å². The maximum atomic E-state index is 11.8. The lowest BCUT2D eigenvalue weighted by Crippen LogP contribution is -2.42. The minimum absolute atomic E-state index is 0. The third-order valence-corrected chi connectivity index (χ3v) is 8.02. The molecule has 19 heteroatoms. The number of aromatic nitrogens is 2. The third kappa shape index (κ3) is 17.9. The molecule has 0 saturated heterocycles. The van der Waals surface area contributed by atoms with Crippen LogP contribution in [-0.2, 0) is 9.47 Å². The minimum Gasteiger partial charge on any atom is -0.481 e. The lowest BCUT2D eigenvalue weighted by Gasteiger charge is -2.30. The number of halogens is 1. The van der Waals surface area contributed by atoms with Crippen molar-refractivity contribution in [2.24, 2.45) is 5.73 Å². The van der Waals surface area contributed by atoms with Gasteiger partial charge in [-0.25, -0.2) is 9.59 Å². The average Bonchev–Trinajstić information content (AvgIpc) is 3.05. The van der Waals surface area contributed by atoms with Gasteiger partial charge in [0.1, 0.15) is 11.2 Å². The molecule has 5 N–H and O–H groups in total. The van der Waals surface area contributed by atoms with E-state index in [1.54, 1.807) is 0 Å². The quantitative estimate of drug-likeness (QED) is 0.116. The van der Waals surface area contributed by atoms with E-state index in [0.29, 0.717) is 11.9 Å². The van der Waals surface area contributed by atoms with E-state index in [2.05, 4.69) is 25.9 Å². The SMILES string of the molecule is C.CC(C)(C)OC(=O)NC1CCC(N)CC1.COc1ccc([N+](=O)[O-])c(Cl)n1.COc1ccc([N+](=O)[O-])c(NC2CCC(NC(=O)OC(C)(C)C)CC2)n1. The van der Waals surface area contributed by atoms with Crippen molar-refractivity contribution < 1.29 is 38.4 Å². The monoisotopic (exact) mass is 784 g/mol. The highest BCUT2D eigenvalue weighted by molar-refractivity contribution is 6.31. The summed E-state index contributed by atoms with van der Waals surface area (Å²) < 4.78 is 20.2. The van der Waals surface area contributed by atoms with E-state index in [1.807, 2.05) is 41.5 Å². The molecule has 2 aliphatic rings. The van der Waals surface area contributed by atoms with Gasteiger partial charge in [-0.15, -0.1) is 0 Å². The molecule has 2 aromatic heterocycles. The molecular weight excluding hydrogens is 728 g/mol. The van der Waals surface area contributed by atoms with Crippen LogP contribution in [0.1, 0.15) is 100 Å². The van der Waals surface area contributed by atoms with Crippen LogP contribution in [0.25, 0.3) is 0 Å². The number of nitrogens with one attached hydrogen (secondary N) is 3. The summed E-state index contributed by atoms with van der Waals surface area (Å²) in [6, 6.07) is 6.09. The highest BCUT2D eigenvalue weighted by Gasteiger charge is 2.27. The first kappa shape index (κ1) is 47.3. The molecular formula is C35H57ClN8O10. The van der Waals surface area contributed by atoms with Crippen LogP contribution in [0, 0.1) is 20.2 Å². The number of nitro groups is 2. The van der Waals surface area contributed by atoms with Gasteiger partial charge in [0.2, 0.25) is 22.7 Å². The van der Waals surface area contributed by atoms with Gasteiger partial charge in [-0.2, -0.15) is 9.97 Å². The highest BCUT2D eigenvalue weighted by Crippen LogP contribution is 2.29. The van der Waals surface area contributed by atoms with Gasteiger partial charge < -0.3 is 40.6 Å². The zero-order chi connectivity index (χ0) is 39.9. The van der Waals surface area contributed by atoms with Crippen LogP contribution in [0.4, 0.5) is 26.8 Å². The van der Waals surface area contributed by atoms with Gasteiger partial charge in [-0.3, -0.25) is 20.2 Å². The number of pyridine rings is 2. The van der Waals surface area contributed by atoms with E-state index in [9.17, 15) is 29.8 Å². The summed E-state index contributed by atoms with van der Waals surface area (Å²) in [6.07, 6.45) is 6.19. The molecule has 0 aliphatic heterocycles. The van der Waals surface area contributed by atoms with Crippen LogP contribution in [0.2, 0.25) is 5.15 Å². The maximum absolute atomic E-state index is 11.8. The largest absolute Gasteiger partial charge is 0.481 e. The van der Waals surface area contributed by atoms with Gasteiger partial charge in [0.05, 0.1) is 24.1 Å². The number of anilines is 1. The molecule has 0 atom stereocenters. The Labute approximate surface area is 321 Å². The summed E-state index contributed by atoms with van der Waals surface area (Å²) in [5, 5.41) is 30.2. The van der Waals surface area contributed by atoms with Gasteiger partial charge in [0.25, 0.3) is 0 Å². The predicted octanol–water partition coefficient (Wildman–Crippen LogP) is 7.32. The molecule has 0 spiro atoms. The Bertz CT molecular complexity index is 1520. The topological polar surface area (TPSA) is 245 Å². The molecule has 2 aliphatic carbocycles. The van der Waals surface area contributed by atoms with Crippen LogP contribution in [0.15, 0.2) is 24.3 Å². The predicted molar refractivity (Wildman–Crippen MR) is 205 cm³/mol. The number of nitrogens with zero attached hydrogens (tertiary/aromatic N) is 4. The van der Waals surface area contributed by atoms with Gasteiger partial charge in [0.15, 0.2) is 0 Å². The van der Waals surface area contributed by atoms with Crippen LogP contribution >= 0.6 is 11.6 Å². The second-order valence-corrected chi connectivity index (χ2v) is 14.9. The number of alkyl carbamates (subject to hydrolysis) is 2. The number of carbonyl (C=O) groups excluding carboxylic acids is 2. The van der Waals surface area contributed by atoms with E-state index in [-0.39, 0.29) is 59.9 Å². The third-order valence-electron chi connectivity index (χ3n) is 7.75. The molecule has 2 fully saturated rings. The summed E-state index contributed by atoms with van der Waals surface area (Å²) in [5.74, 6) is 0.780. The van der Waals surface area contributed by atoms with Crippen LogP contribution in [0.5, 0.6) is 11.8 Å². The molecule has 18 nitrogen and oxygen atoms in total. The minimum atomic E-state index is -0.602. The second kappa shape index (κ2) is 21.9. The van der Waals surface area contributed by atoms with Crippen molar-refractivity contribution in [3.8, 4) is 11.8 Å². The molecule has 4 rings (SSSR count). The number of carbonyl (C=O) groups is 2. The fraction of sp³-hybridized carbons (Fsp3) is 0.657. The number of hydrogen-bond donors (Lipinski definition) is 4. The highest BCUT2D eigenvalue weighted by atomic mass is 35.5. The van der Waals surface area contributed by atoms with E-state index in [1.165, 1.54) is 38.5 Å². The van der Waals surface area contributed by atoms with E-state index < -0.39 is 27.1 Å². The first-order valence-electron chi connectivity index (χ1n) is 17.2. The lowest BCUT2D eigenvalue weighted by atomic mass is 9.91. The Morgan fingerprint density at radius 3 is 1.50 bits per heavy atom. The zero-order valence-corrected chi connectivity index (χ0v) is 32.4. The summed E-state index contributed by atoms with van der Waals surface area (Å²) in [4.78, 5) is 51.4. The standard InChI is InChI=1S/C17H26N4O5.C11H22N2O2.C6H5ClN2O3.CH4/c1-17(2,3)26-16(22)19-12-7-5-11(6-8-12)18-15-13(21(23)24)9-10-14(20-15)25-4;1-11(2,3)15-10(14)13-9-6-4-8(12)5-7-9;1-12-5-3-2-4(9(10)11)6(7)8-5;/h9-12H,5-8H2,1-4H3,(H,18,20)(H,19,22);8-9H,4-7,12H2,1-3H3,(H,13,14);2-3H,1H3;1H4. The van der Waals surface area contributed by atoms with Crippen LogP contribution < -0.4 is 31.2 Å². The fourth-order valence-corrected chi connectivity index (χ4v) is 5.46. The molecule has 2 amide bonds. The molecule has 2 aromatic rings. The number of nitrogens with two attached hydrogens (primary N) is 1. The summed E-state index contributed by atoms with van der Waals surface area (Å²) in [5.41, 5.74) is 4.53. The van der Waals surface area contributed by atoms with Crippen LogP contribution in [0.3, 0.4) is 0 Å². The Balaban J connectivity index is 0.000000441. The molecule has 0 unspecified atom stereocenters. The van der Waals surface area contributed by atoms with E-state index in [4.69, 9.17) is 36.3 Å². The van der Waals surface area contributed by atoms with Crippen molar-refractivity contribution in [3.05, 3.63) is 49.6 Å². The maximum Gasteiger partial charge on any atom is 0.407 e. The average molecular weight is 785 g/mol. The normalized spacial score (nSPS) is 19.4. The summed E-state index contributed by atoms with van der Waals surface area (Å²) >= 11 is 5.47. The number of amides is 2. The molecule has 2 saturated carbocycles. The van der Waals surface area contributed by atoms with Crippen molar-refractivity contribution in [1.82, 2.24) is 20.6 Å². The number of ether oxygens (including phenoxy) is 4. The van der Waals surface area contributed by atoms with E-state index >= 15 is 0 Å². The van der Waals surface area contributed by atoms with Crippen molar-refractivity contribution in [3.63, 3.8) is 0 Å². The fourth-order valence-electron chi connectivity index (χ4n) is 5.25. The first-order valence-corrected chi connectivity index (χ1v) is 17.6. The van der Waals surface area contributed by atoms with Crippen molar-refractivity contribution in [2.45, 2.75) is 136 Å². The molecule has 54 heavy (non-hydrogen) atoms. The molecule has 0 radical (unpaired) electrons. The molecule has 304 valence electrons. The Morgan fingerprint density at radius 1 is 0.722 bits per heavy atom. The smallest absolute Gasteiger partial charge is 0.407 e. The number of hydrogen-bond acceptors (Lipinski definition) is 14. The Kier molecular flexibility index (Phi) is 19.2.